The topological polar surface area (TPSA) is 102 Å². The maximum Gasteiger partial charge on any atom is 0.282 e. The van der Waals surface area contributed by atoms with Gasteiger partial charge in [-0.05, 0) is 25.0 Å². The molecule has 1 N–H and O–H groups in total. The summed E-state index contributed by atoms with van der Waals surface area (Å²) in [5.74, 6) is -0.201. The Bertz CT molecular complexity index is 1220. The van der Waals surface area contributed by atoms with E-state index < -0.39 is 0 Å². The highest BCUT2D eigenvalue weighted by Crippen LogP contribution is 2.25. The average molecular weight is 479 g/mol. The highest BCUT2D eigenvalue weighted by molar-refractivity contribution is 6.00. The Kier molecular flexibility index (Phi) is 6.65. The molecule has 0 radical (unpaired) electrons. The van der Waals surface area contributed by atoms with Crippen LogP contribution in [0.4, 0.5) is 0 Å². The second kappa shape index (κ2) is 10.0. The molecule has 35 heavy (non-hydrogen) atoms. The van der Waals surface area contributed by atoms with Crippen molar-refractivity contribution in [3.8, 4) is 16.9 Å². The zero-order valence-corrected chi connectivity index (χ0v) is 19.9. The van der Waals surface area contributed by atoms with Crippen molar-refractivity contribution in [3.63, 3.8) is 0 Å². The smallest absolute Gasteiger partial charge is 0.282 e. The second-order valence-corrected chi connectivity index (χ2v) is 9.06. The number of carbonyl (C=O) groups excluding carboxylic acids is 2. The second-order valence-electron chi connectivity index (χ2n) is 9.06. The van der Waals surface area contributed by atoms with Crippen molar-refractivity contribution < 1.29 is 14.3 Å². The molecule has 1 aromatic carbocycles. The van der Waals surface area contributed by atoms with E-state index >= 15 is 0 Å². The van der Waals surface area contributed by atoms with Gasteiger partial charge in [0.25, 0.3) is 11.5 Å². The molecule has 184 valence electrons. The number of hydrogen-bond acceptors (Lipinski definition) is 6. The van der Waals surface area contributed by atoms with Gasteiger partial charge in [0, 0.05) is 58.8 Å². The van der Waals surface area contributed by atoms with Crippen LogP contribution in [0.1, 0.15) is 23.2 Å². The predicted octanol–water partition coefficient (Wildman–Crippen LogP) is 0.822. The molecule has 4 heterocycles. The third kappa shape index (κ3) is 4.85. The Balaban J connectivity index is 1.47. The van der Waals surface area contributed by atoms with Crippen molar-refractivity contribution in [1.29, 1.82) is 0 Å². The van der Waals surface area contributed by atoms with Crippen LogP contribution in [0.5, 0.6) is 0 Å². The lowest BCUT2D eigenvalue weighted by molar-refractivity contribution is -0.122. The number of aromatic nitrogens is 3. The first-order chi connectivity index (χ1) is 17.0. The van der Waals surface area contributed by atoms with E-state index in [0.717, 1.165) is 19.4 Å². The zero-order chi connectivity index (χ0) is 24.4. The summed E-state index contributed by atoms with van der Waals surface area (Å²) in [4.78, 5) is 42.5. The molecule has 10 nitrogen and oxygen atoms in total. The van der Waals surface area contributed by atoms with Gasteiger partial charge in [0.15, 0.2) is 0 Å². The molecule has 0 bridgehead atoms. The number of nitrogens with zero attached hydrogens (tertiary/aromatic N) is 5. The molecule has 1 aromatic rings. The number of carbonyl (C=O) groups is 2. The average Bonchev–Trinajstić information content (AvgIpc) is 3.52. The van der Waals surface area contributed by atoms with E-state index in [1.54, 1.807) is 24.3 Å². The van der Waals surface area contributed by atoms with Gasteiger partial charge in [-0.2, -0.15) is 9.78 Å². The first-order valence-electron chi connectivity index (χ1n) is 12.1. The zero-order valence-electron chi connectivity index (χ0n) is 19.9. The van der Waals surface area contributed by atoms with Crippen LogP contribution in [0.2, 0.25) is 0 Å². The first-order valence-corrected chi connectivity index (χ1v) is 12.1. The molecule has 10 heteroatoms. The molecule has 5 rings (SSSR count). The molecular weight excluding hydrogens is 448 g/mol. The number of ether oxygens (including phenoxy) is 1. The standard InChI is InChI=1S/C25H30N6O4/c1-26-22(32)17-28-9-11-30(12-10-28)24(33)20-15-29(14-19-8-5-13-35-19)16-21-23(20)27-31(25(21)34)18-6-3-2-4-7-18/h2-4,6-7,15-16,19H,5,8-14,17H2,1H3,(H,26,32)/t19-/m1/s1. The number of hydrogen-bond donors (Lipinski definition) is 1. The number of nitrogens with one attached hydrogen (secondary N) is 1. The maximum atomic E-state index is 13.7. The summed E-state index contributed by atoms with van der Waals surface area (Å²) >= 11 is 0. The number of para-hydroxylation sites is 1. The molecule has 0 unspecified atom stereocenters. The van der Waals surface area contributed by atoms with E-state index in [4.69, 9.17) is 4.74 Å². The van der Waals surface area contributed by atoms with Crippen molar-refractivity contribution in [2.45, 2.75) is 25.5 Å². The molecule has 0 aromatic heterocycles. The van der Waals surface area contributed by atoms with Crippen molar-refractivity contribution in [3.05, 3.63) is 58.6 Å². The number of benzene rings is 1. The summed E-state index contributed by atoms with van der Waals surface area (Å²) in [5.41, 5.74) is 1.63. The number of fused-ring (bicyclic) bond motifs is 1. The van der Waals surface area contributed by atoms with Gasteiger partial charge in [-0.1, -0.05) is 18.2 Å². The number of pyridine rings is 1. The van der Waals surface area contributed by atoms with Crippen molar-refractivity contribution >= 4 is 11.8 Å². The molecular formula is C25H30N6O4. The summed E-state index contributed by atoms with van der Waals surface area (Å²) in [6.07, 6.45) is 5.61. The molecule has 2 fully saturated rings. The lowest BCUT2D eigenvalue weighted by Crippen LogP contribution is -2.51. The van der Waals surface area contributed by atoms with Crippen LogP contribution in [-0.4, -0.2) is 88.4 Å². The summed E-state index contributed by atoms with van der Waals surface area (Å²) in [6, 6.07) is 9.22. The molecule has 2 amide bonds. The van der Waals surface area contributed by atoms with E-state index in [2.05, 4.69) is 10.4 Å². The number of piperazine rings is 1. The van der Waals surface area contributed by atoms with Crippen molar-refractivity contribution in [2.75, 3.05) is 46.4 Å². The van der Waals surface area contributed by atoms with Crippen LogP contribution in [-0.2, 0) is 16.1 Å². The van der Waals surface area contributed by atoms with Crippen LogP contribution in [0, 0.1) is 0 Å². The van der Waals surface area contributed by atoms with Gasteiger partial charge in [-0.3, -0.25) is 19.3 Å². The van der Waals surface area contributed by atoms with Gasteiger partial charge in [0.2, 0.25) is 5.91 Å². The fourth-order valence-electron chi connectivity index (χ4n) is 4.75. The molecule has 1 atom stereocenters. The molecule has 0 saturated carbocycles. The Labute approximate surface area is 203 Å². The summed E-state index contributed by atoms with van der Waals surface area (Å²) < 4.78 is 9.04. The van der Waals surface area contributed by atoms with Crippen LogP contribution in [0.25, 0.3) is 16.9 Å². The van der Waals surface area contributed by atoms with Crippen LogP contribution >= 0.6 is 0 Å². The minimum absolute atomic E-state index is 0.0425. The van der Waals surface area contributed by atoms with E-state index in [1.165, 1.54) is 4.68 Å². The minimum atomic E-state index is -0.252. The number of rotatable bonds is 6. The van der Waals surface area contributed by atoms with E-state index in [9.17, 15) is 14.4 Å². The minimum Gasteiger partial charge on any atom is -0.376 e. The number of amides is 2. The highest BCUT2D eigenvalue weighted by Gasteiger charge is 2.30. The van der Waals surface area contributed by atoms with Crippen LogP contribution in [0.3, 0.4) is 0 Å². The lowest BCUT2D eigenvalue weighted by atomic mass is 10.1. The summed E-state index contributed by atoms with van der Waals surface area (Å²) in [6.45, 7) is 3.84. The Morgan fingerprint density at radius 3 is 2.57 bits per heavy atom. The fourth-order valence-corrected chi connectivity index (χ4v) is 4.75. The SMILES string of the molecule is CNC(=O)CN1CCN(C(=O)c2cn(C[C@H]3CCCO3)cc3c(=O)n(-c4ccccc4)nc2-3)CC1. The Hall–Kier alpha value is -3.50. The van der Waals surface area contributed by atoms with Gasteiger partial charge in [0.1, 0.15) is 5.69 Å². The van der Waals surface area contributed by atoms with Gasteiger partial charge < -0.3 is 19.5 Å². The highest BCUT2D eigenvalue weighted by atomic mass is 16.5. The van der Waals surface area contributed by atoms with Gasteiger partial charge >= 0.3 is 0 Å². The normalized spacial score (nSPS) is 18.8. The Morgan fingerprint density at radius 2 is 1.89 bits per heavy atom. The number of likely N-dealkylation sites (N-methyl/N-ethyl adjacent to an activating group) is 1. The first kappa shape index (κ1) is 23.3. The van der Waals surface area contributed by atoms with E-state index in [1.807, 2.05) is 39.8 Å². The fraction of sp³-hybridized carbons (Fsp3) is 0.440. The van der Waals surface area contributed by atoms with Crippen molar-refractivity contribution in [1.82, 2.24) is 29.5 Å². The van der Waals surface area contributed by atoms with Gasteiger partial charge in [-0.15, -0.1) is 0 Å². The predicted molar refractivity (Wildman–Crippen MR) is 130 cm³/mol. The Morgan fingerprint density at radius 1 is 1.11 bits per heavy atom. The monoisotopic (exact) mass is 478 g/mol. The molecule has 0 spiro atoms. The third-order valence-corrected chi connectivity index (χ3v) is 6.70. The van der Waals surface area contributed by atoms with Crippen LogP contribution in [0.15, 0.2) is 47.5 Å². The van der Waals surface area contributed by atoms with Gasteiger partial charge in [0.05, 0.1) is 29.5 Å². The largest absolute Gasteiger partial charge is 0.376 e. The lowest BCUT2D eigenvalue weighted by Gasteiger charge is -2.34. The quantitative estimate of drug-likeness (QED) is 0.563. The van der Waals surface area contributed by atoms with E-state index in [-0.39, 0.29) is 23.5 Å². The maximum absolute atomic E-state index is 13.7. The molecule has 4 aliphatic heterocycles. The molecule has 0 aliphatic carbocycles. The van der Waals surface area contributed by atoms with E-state index in [0.29, 0.717) is 61.8 Å². The molecule has 4 aliphatic rings. The van der Waals surface area contributed by atoms with Crippen molar-refractivity contribution in [2.24, 2.45) is 0 Å². The third-order valence-electron chi connectivity index (χ3n) is 6.70. The van der Waals surface area contributed by atoms with Crippen LogP contribution < -0.4 is 10.9 Å². The summed E-state index contributed by atoms with van der Waals surface area (Å²) in [5, 5.41) is 7.22. The van der Waals surface area contributed by atoms with Gasteiger partial charge in [-0.25, -0.2) is 0 Å². The summed E-state index contributed by atoms with van der Waals surface area (Å²) in [7, 11) is 1.62. The molecule has 2 saturated heterocycles.